The quantitative estimate of drug-likeness (QED) is 0.887. The highest BCUT2D eigenvalue weighted by molar-refractivity contribution is 6.31. The number of amides is 1. The fraction of sp³-hybridized carbons (Fsp3) is 0.263. The van der Waals surface area contributed by atoms with Gasteiger partial charge in [-0.1, -0.05) is 35.9 Å². The molecule has 26 heavy (non-hydrogen) atoms. The van der Waals surface area contributed by atoms with E-state index in [4.69, 9.17) is 16.3 Å². The Hall–Kier alpha value is -2.44. The number of carbonyl (C=O) groups is 2. The molecule has 3 rings (SSSR count). The molecule has 1 aliphatic heterocycles. The number of aromatic carboxylic acids is 1. The average Bonchev–Trinajstić information content (AvgIpc) is 2.62. The smallest absolute Gasteiger partial charge is 0.335 e. The van der Waals surface area contributed by atoms with Crippen molar-refractivity contribution < 1.29 is 23.8 Å². The summed E-state index contributed by atoms with van der Waals surface area (Å²) in [6, 6.07) is 10.5. The Bertz CT molecular complexity index is 842. The molecule has 1 aliphatic rings. The Morgan fingerprint density at radius 1 is 1.27 bits per heavy atom. The van der Waals surface area contributed by atoms with Crippen LogP contribution < -0.4 is 0 Å². The molecule has 0 radical (unpaired) electrons. The first kappa shape index (κ1) is 18.4. The molecule has 0 saturated carbocycles. The molecule has 7 heteroatoms. The summed E-state index contributed by atoms with van der Waals surface area (Å²) in [5, 5.41) is 9.49. The normalized spacial score (nSPS) is 17.2. The summed E-state index contributed by atoms with van der Waals surface area (Å²) in [6.07, 6.45) is -0.456. The van der Waals surface area contributed by atoms with Crippen LogP contribution in [0, 0.1) is 5.82 Å². The summed E-state index contributed by atoms with van der Waals surface area (Å²) < 4.78 is 18.9. The molecular weight excluding hydrogens is 361 g/mol. The lowest BCUT2D eigenvalue weighted by Gasteiger charge is -2.33. The van der Waals surface area contributed by atoms with Crippen LogP contribution in [0.5, 0.6) is 0 Å². The molecule has 5 nitrogen and oxygen atoms in total. The van der Waals surface area contributed by atoms with Crippen molar-refractivity contribution in [3.8, 4) is 0 Å². The Morgan fingerprint density at radius 3 is 2.77 bits per heavy atom. The van der Waals surface area contributed by atoms with E-state index in [-0.39, 0.29) is 29.5 Å². The second kappa shape index (κ2) is 7.85. The molecule has 2 aromatic rings. The Labute approximate surface area is 154 Å². The van der Waals surface area contributed by atoms with E-state index in [1.165, 1.54) is 18.2 Å². The summed E-state index contributed by atoms with van der Waals surface area (Å²) in [5.41, 5.74) is 1.21. The molecule has 1 amide bonds. The lowest BCUT2D eigenvalue weighted by atomic mass is 10.0. The van der Waals surface area contributed by atoms with Gasteiger partial charge in [-0.15, -0.1) is 0 Å². The van der Waals surface area contributed by atoms with Crippen molar-refractivity contribution in [1.29, 1.82) is 0 Å². The lowest BCUT2D eigenvalue weighted by Crippen LogP contribution is -2.43. The van der Waals surface area contributed by atoms with E-state index in [2.05, 4.69) is 0 Å². The van der Waals surface area contributed by atoms with Crippen LogP contribution in [-0.2, 0) is 16.0 Å². The van der Waals surface area contributed by atoms with Crippen LogP contribution in [0.15, 0.2) is 42.5 Å². The third kappa shape index (κ3) is 4.03. The van der Waals surface area contributed by atoms with Crippen LogP contribution in [0.1, 0.15) is 27.6 Å². The van der Waals surface area contributed by atoms with Crippen molar-refractivity contribution in [2.45, 2.75) is 12.5 Å². The van der Waals surface area contributed by atoms with Crippen LogP contribution in [0.3, 0.4) is 0 Å². The summed E-state index contributed by atoms with van der Waals surface area (Å²) in [6.45, 7) is 1.01. The van der Waals surface area contributed by atoms with Crippen LogP contribution in [-0.4, -0.2) is 41.6 Å². The van der Waals surface area contributed by atoms with Gasteiger partial charge in [-0.3, -0.25) is 4.79 Å². The third-order valence-electron chi connectivity index (χ3n) is 4.32. The Morgan fingerprint density at radius 2 is 2.04 bits per heavy atom. The van der Waals surface area contributed by atoms with Gasteiger partial charge < -0.3 is 14.7 Å². The van der Waals surface area contributed by atoms with Gasteiger partial charge in [-0.25, -0.2) is 9.18 Å². The lowest BCUT2D eigenvalue weighted by molar-refractivity contribution is -0.138. The van der Waals surface area contributed by atoms with Gasteiger partial charge in [0.25, 0.3) is 0 Å². The van der Waals surface area contributed by atoms with Gasteiger partial charge in [0.05, 0.1) is 25.1 Å². The minimum absolute atomic E-state index is 0.00760. The molecule has 1 N–H and O–H groups in total. The predicted molar refractivity (Wildman–Crippen MR) is 93.8 cm³/mol. The van der Waals surface area contributed by atoms with Crippen molar-refractivity contribution in [2.24, 2.45) is 0 Å². The highest BCUT2D eigenvalue weighted by Gasteiger charge is 2.27. The molecule has 1 atom stereocenters. The van der Waals surface area contributed by atoms with Crippen LogP contribution in [0.25, 0.3) is 0 Å². The van der Waals surface area contributed by atoms with Crippen LogP contribution >= 0.6 is 11.6 Å². The monoisotopic (exact) mass is 377 g/mol. The van der Waals surface area contributed by atoms with Crippen molar-refractivity contribution in [3.05, 3.63) is 70.0 Å². The van der Waals surface area contributed by atoms with E-state index in [0.29, 0.717) is 24.3 Å². The van der Waals surface area contributed by atoms with Gasteiger partial charge in [0.15, 0.2) is 0 Å². The van der Waals surface area contributed by atoms with Gasteiger partial charge >= 0.3 is 5.97 Å². The molecule has 1 fully saturated rings. The predicted octanol–water partition coefficient (Wildman–Crippen LogP) is 3.32. The highest BCUT2D eigenvalue weighted by atomic mass is 35.5. The van der Waals surface area contributed by atoms with E-state index < -0.39 is 17.9 Å². The third-order valence-corrected chi connectivity index (χ3v) is 4.65. The van der Waals surface area contributed by atoms with E-state index in [0.717, 1.165) is 0 Å². The second-order valence-corrected chi connectivity index (χ2v) is 6.41. The zero-order valence-corrected chi connectivity index (χ0v) is 14.6. The first-order valence-corrected chi connectivity index (χ1v) is 8.49. The number of morpholine rings is 1. The molecule has 0 bridgehead atoms. The Kier molecular flexibility index (Phi) is 5.54. The number of hydrogen-bond donors (Lipinski definition) is 1. The maximum atomic E-state index is 13.2. The zero-order valence-electron chi connectivity index (χ0n) is 13.8. The maximum absolute atomic E-state index is 13.2. The summed E-state index contributed by atoms with van der Waals surface area (Å²) in [4.78, 5) is 25.6. The molecule has 1 unspecified atom stereocenters. The number of halogens is 2. The maximum Gasteiger partial charge on any atom is 0.335 e. The topological polar surface area (TPSA) is 66.8 Å². The highest BCUT2D eigenvalue weighted by Crippen LogP contribution is 2.29. The standard InChI is InChI=1S/C19H17ClFNO4/c20-16-10-13(21)5-6-15(16)17-11-22(7-8-26-17)18(23)9-12-3-1-2-4-14(12)19(24)25/h1-6,10,17H,7-9,11H2,(H,24,25). The molecule has 0 aliphatic carbocycles. The minimum Gasteiger partial charge on any atom is -0.478 e. The van der Waals surface area contributed by atoms with Gasteiger partial charge in [0.2, 0.25) is 5.91 Å². The fourth-order valence-electron chi connectivity index (χ4n) is 2.98. The minimum atomic E-state index is -1.06. The number of ether oxygens (including phenoxy) is 1. The number of rotatable bonds is 4. The first-order valence-electron chi connectivity index (χ1n) is 8.11. The molecule has 0 spiro atoms. The van der Waals surface area contributed by atoms with E-state index in [1.807, 2.05) is 0 Å². The largest absolute Gasteiger partial charge is 0.478 e. The van der Waals surface area contributed by atoms with E-state index >= 15 is 0 Å². The summed E-state index contributed by atoms with van der Waals surface area (Å²) in [7, 11) is 0. The number of nitrogens with zero attached hydrogens (tertiary/aromatic N) is 1. The van der Waals surface area contributed by atoms with Crippen LogP contribution in [0.2, 0.25) is 5.02 Å². The number of carboxylic acids is 1. The summed E-state index contributed by atoms with van der Waals surface area (Å²) in [5.74, 6) is -1.69. The van der Waals surface area contributed by atoms with E-state index in [9.17, 15) is 19.1 Å². The van der Waals surface area contributed by atoms with Crippen molar-refractivity contribution >= 4 is 23.5 Å². The van der Waals surface area contributed by atoms with Gasteiger partial charge in [0, 0.05) is 17.1 Å². The molecule has 1 heterocycles. The molecule has 1 saturated heterocycles. The molecule has 2 aromatic carbocycles. The number of hydrogen-bond acceptors (Lipinski definition) is 3. The number of carbonyl (C=O) groups excluding carboxylic acids is 1. The average molecular weight is 378 g/mol. The SMILES string of the molecule is O=C(O)c1ccccc1CC(=O)N1CCOC(c2ccc(F)cc2Cl)C1. The molecule has 136 valence electrons. The van der Waals surface area contributed by atoms with Crippen molar-refractivity contribution in [1.82, 2.24) is 4.90 Å². The summed E-state index contributed by atoms with van der Waals surface area (Å²) >= 11 is 6.09. The van der Waals surface area contributed by atoms with Gasteiger partial charge in [-0.05, 0) is 23.8 Å². The first-order chi connectivity index (χ1) is 12.5. The van der Waals surface area contributed by atoms with E-state index in [1.54, 1.807) is 29.2 Å². The van der Waals surface area contributed by atoms with Gasteiger partial charge in [-0.2, -0.15) is 0 Å². The van der Waals surface area contributed by atoms with Crippen molar-refractivity contribution in [2.75, 3.05) is 19.7 Å². The zero-order chi connectivity index (χ0) is 18.7. The second-order valence-electron chi connectivity index (χ2n) is 6.00. The molecular formula is C19H17ClFNO4. The number of carboxylic acid groups (broad SMARTS) is 1. The van der Waals surface area contributed by atoms with Crippen LogP contribution in [0.4, 0.5) is 4.39 Å². The van der Waals surface area contributed by atoms with Gasteiger partial charge in [0.1, 0.15) is 11.9 Å². The fourth-order valence-corrected chi connectivity index (χ4v) is 3.27. The van der Waals surface area contributed by atoms with Crippen molar-refractivity contribution in [3.63, 3.8) is 0 Å². The molecule has 0 aromatic heterocycles. The Balaban J connectivity index is 1.73. The number of benzene rings is 2.